The van der Waals surface area contributed by atoms with Gasteiger partial charge in [0, 0.05) is 20.6 Å². The van der Waals surface area contributed by atoms with Crippen molar-refractivity contribution in [3.63, 3.8) is 0 Å². The summed E-state index contributed by atoms with van der Waals surface area (Å²) < 4.78 is 0. The molecule has 0 aromatic rings. The summed E-state index contributed by atoms with van der Waals surface area (Å²) in [5.74, 6) is 0.812. The van der Waals surface area contributed by atoms with Crippen molar-refractivity contribution in [2.24, 2.45) is 17.6 Å². The van der Waals surface area contributed by atoms with Crippen molar-refractivity contribution in [3.8, 4) is 0 Å². The molecule has 0 spiro atoms. The lowest BCUT2D eigenvalue weighted by atomic mass is 9.90. The normalized spacial score (nSPS) is 20.2. The van der Waals surface area contributed by atoms with Gasteiger partial charge in [-0.15, -0.1) is 0 Å². The van der Waals surface area contributed by atoms with Gasteiger partial charge in [0.05, 0.1) is 5.92 Å². The van der Waals surface area contributed by atoms with Crippen molar-refractivity contribution in [3.05, 3.63) is 0 Å². The van der Waals surface area contributed by atoms with E-state index >= 15 is 0 Å². The smallest absolute Gasteiger partial charge is 0.226 e. The van der Waals surface area contributed by atoms with E-state index < -0.39 is 0 Å². The monoisotopic (exact) mass is 184 g/mol. The molecule has 0 aromatic heterocycles. The molecule has 0 bridgehead atoms. The van der Waals surface area contributed by atoms with Crippen LogP contribution in [0.15, 0.2) is 0 Å². The maximum atomic E-state index is 11.7. The summed E-state index contributed by atoms with van der Waals surface area (Å²) in [5, 5.41) is 0. The van der Waals surface area contributed by atoms with Crippen LogP contribution in [0.5, 0.6) is 0 Å². The van der Waals surface area contributed by atoms with Crippen LogP contribution in [0.3, 0.4) is 0 Å². The predicted molar refractivity (Wildman–Crippen MR) is 53.2 cm³/mol. The van der Waals surface area contributed by atoms with E-state index in [1.54, 1.807) is 19.0 Å². The highest BCUT2D eigenvalue weighted by Gasteiger charge is 2.30. The van der Waals surface area contributed by atoms with E-state index in [0.717, 1.165) is 0 Å². The standard InChI is InChI=1S/C10H20N2O/c1-12(2)10(13)9(7-11)8-5-3-4-6-8/h8-9H,3-7,11H2,1-2H3. The fourth-order valence-electron chi connectivity index (χ4n) is 2.19. The van der Waals surface area contributed by atoms with Gasteiger partial charge in [-0.1, -0.05) is 12.8 Å². The minimum absolute atomic E-state index is 0.0671. The van der Waals surface area contributed by atoms with Gasteiger partial charge in [0.25, 0.3) is 0 Å². The van der Waals surface area contributed by atoms with E-state index in [2.05, 4.69) is 0 Å². The molecule has 1 aliphatic rings. The summed E-state index contributed by atoms with van der Waals surface area (Å²) in [6.45, 7) is 0.502. The largest absolute Gasteiger partial charge is 0.349 e. The summed E-state index contributed by atoms with van der Waals surface area (Å²) >= 11 is 0. The Morgan fingerprint density at radius 1 is 1.46 bits per heavy atom. The molecule has 1 saturated carbocycles. The second-order valence-electron chi connectivity index (χ2n) is 4.12. The van der Waals surface area contributed by atoms with Gasteiger partial charge in [-0.05, 0) is 18.8 Å². The molecule has 1 fully saturated rings. The number of carbonyl (C=O) groups excluding carboxylic acids is 1. The van der Waals surface area contributed by atoms with Crippen molar-refractivity contribution in [2.75, 3.05) is 20.6 Å². The lowest BCUT2D eigenvalue weighted by molar-refractivity contribution is -0.134. The number of nitrogens with zero attached hydrogens (tertiary/aromatic N) is 1. The Morgan fingerprint density at radius 3 is 2.38 bits per heavy atom. The Labute approximate surface area is 80.3 Å². The minimum Gasteiger partial charge on any atom is -0.349 e. The maximum absolute atomic E-state index is 11.7. The molecule has 0 aromatic carbocycles. The molecule has 0 saturated heterocycles. The van der Waals surface area contributed by atoms with E-state index in [4.69, 9.17) is 5.73 Å². The third-order valence-electron chi connectivity index (χ3n) is 2.98. The first kappa shape index (κ1) is 10.5. The van der Waals surface area contributed by atoms with Gasteiger partial charge in [-0.3, -0.25) is 4.79 Å². The number of rotatable bonds is 3. The Balaban J connectivity index is 2.55. The molecule has 1 aliphatic carbocycles. The summed E-state index contributed by atoms with van der Waals surface area (Å²) in [7, 11) is 3.61. The van der Waals surface area contributed by atoms with Gasteiger partial charge < -0.3 is 10.6 Å². The van der Waals surface area contributed by atoms with E-state index in [0.29, 0.717) is 12.5 Å². The van der Waals surface area contributed by atoms with E-state index in [1.165, 1.54) is 25.7 Å². The van der Waals surface area contributed by atoms with Crippen LogP contribution in [0, 0.1) is 11.8 Å². The van der Waals surface area contributed by atoms with E-state index in [9.17, 15) is 4.79 Å². The Hall–Kier alpha value is -0.570. The zero-order chi connectivity index (χ0) is 9.84. The van der Waals surface area contributed by atoms with Crippen molar-refractivity contribution < 1.29 is 4.79 Å². The second kappa shape index (κ2) is 4.61. The van der Waals surface area contributed by atoms with E-state index in [1.807, 2.05) is 0 Å². The zero-order valence-corrected chi connectivity index (χ0v) is 8.62. The van der Waals surface area contributed by atoms with Crippen molar-refractivity contribution in [2.45, 2.75) is 25.7 Å². The summed E-state index contributed by atoms with van der Waals surface area (Å²) in [5.41, 5.74) is 5.64. The first-order valence-electron chi connectivity index (χ1n) is 5.08. The van der Waals surface area contributed by atoms with Gasteiger partial charge in [0.15, 0.2) is 0 Å². The van der Waals surface area contributed by atoms with Crippen LogP contribution < -0.4 is 5.73 Å². The van der Waals surface area contributed by atoms with Gasteiger partial charge in [0.1, 0.15) is 0 Å². The fourth-order valence-corrected chi connectivity index (χ4v) is 2.19. The third kappa shape index (κ3) is 2.44. The van der Waals surface area contributed by atoms with Crippen LogP contribution >= 0.6 is 0 Å². The molecule has 76 valence electrons. The highest BCUT2D eigenvalue weighted by Crippen LogP contribution is 2.31. The molecule has 13 heavy (non-hydrogen) atoms. The molecule has 2 N–H and O–H groups in total. The zero-order valence-electron chi connectivity index (χ0n) is 8.62. The molecule has 3 nitrogen and oxygen atoms in total. The lowest BCUT2D eigenvalue weighted by Crippen LogP contribution is -2.38. The number of nitrogens with two attached hydrogens (primary N) is 1. The lowest BCUT2D eigenvalue weighted by Gasteiger charge is -2.24. The third-order valence-corrected chi connectivity index (χ3v) is 2.98. The van der Waals surface area contributed by atoms with Crippen LogP contribution in [0.2, 0.25) is 0 Å². The van der Waals surface area contributed by atoms with Crippen LogP contribution in [-0.2, 0) is 4.79 Å². The minimum atomic E-state index is 0.0671. The Bertz CT molecular complexity index is 174. The summed E-state index contributed by atoms with van der Waals surface area (Å²) in [6.07, 6.45) is 4.90. The molecule has 1 unspecified atom stereocenters. The molecule has 1 atom stereocenters. The number of carbonyl (C=O) groups is 1. The quantitative estimate of drug-likeness (QED) is 0.706. The van der Waals surface area contributed by atoms with Crippen LogP contribution in [0.1, 0.15) is 25.7 Å². The Morgan fingerprint density at radius 2 is 2.00 bits per heavy atom. The van der Waals surface area contributed by atoms with Crippen molar-refractivity contribution in [1.82, 2.24) is 4.90 Å². The first-order chi connectivity index (χ1) is 6.16. The van der Waals surface area contributed by atoms with Gasteiger partial charge in [-0.2, -0.15) is 0 Å². The summed E-state index contributed by atoms with van der Waals surface area (Å²) in [6, 6.07) is 0. The number of hydrogen-bond acceptors (Lipinski definition) is 2. The first-order valence-corrected chi connectivity index (χ1v) is 5.08. The average Bonchev–Trinajstić information content (AvgIpc) is 2.58. The molecule has 3 heteroatoms. The van der Waals surface area contributed by atoms with Gasteiger partial charge in [0.2, 0.25) is 5.91 Å². The molecular weight excluding hydrogens is 164 g/mol. The van der Waals surface area contributed by atoms with Crippen LogP contribution in [-0.4, -0.2) is 31.4 Å². The maximum Gasteiger partial charge on any atom is 0.226 e. The SMILES string of the molecule is CN(C)C(=O)C(CN)C1CCCC1. The molecule has 0 heterocycles. The van der Waals surface area contributed by atoms with Gasteiger partial charge in [-0.25, -0.2) is 0 Å². The average molecular weight is 184 g/mol. The topological polar surface area (TPSA) is 46.3 Å². The molecule has 1 rings (SSSR count). The molecule has 0 radical (unpaired) electrons. The van der Waals surface area contributed by atoms with Crippen LogP contribution in [0.4, 0.5) is 0 Å². The summed E-state index contributed by atoms with van der Waals surface area (Å²) in [4.78, 5) is 13.4. The molecule has 0 aliphatic heterocycles. The number of hydrogen-bond donors (Lipinski definition) is 1. The van der Waals surface area contributed by atoms with Gasteiger partial charge >= 0.3 is 0 Å². The molecular formula is C10H20N2O. The highest BCUT2D eigenvalue weighted by molar-refractivity contribution is 5.78. The predicted octanol–water partition coefficient (Wildman–Crippen LogP) is 0.840. The second-order valence-corrected chi connectivity index (χ2v) is 4.12. The van der Waals surface area contributed by atoms with Crippen LogP contribution in [0.25, 0.3) is 0 Å². The Kier molecular flexibility index (Phi) is 3.72. The van der Waals surface area contributed by atoms with Crippen molar-refractivity contribution >= 4 is 5.91 Å². The highest BCUT2D eigenvalue weighted by atomic mass is 16.2. The van der Waals surface area contributed by atoms with Crippen molar-refractivity contribution in [1.29, 1.82) is 0 Å². The van der Waals surface area contributed by atoms with E-state index in [-0.39, 0.29) is 11.8 Å². The fraction of sp³-hybridized carbons (Fsp3) is 0.900. The number of amides is 1. The molecule has 1 amide bonds.